The monoisotopic (exact) mass is 341 g/mol. The summed E-state index contributed by atoms with van der Waals surface area (Å²) in [6, 6.07) is 10.4. The Kier molecular flexibility index (Phi) is 4.61. The molecule has 0 aromatic heterocycles. The molecule has 128 valence electrons. The zero-order valence-electron chi connectivity index (χ0n) is 13.5. The van der Waals surface area contributed by atoms with Gasteiger partial charge in [-0.2, -0.15) is 0 Å². The summed E-state index contributed by atoms with van der Waals surface area (Å²) in [5.41, 5.74) is 2.45. The fourth-order valence-electron chi connectivity index (χ4n) is 2.64. The highest BCUT2D eigenvalue weighted by Crippen LogP contribution is 2.32. The Hall–Kier alpha value is -3.02. The van der Waals surface area contributed by atoms with Crippen molar-refractivity contribution < 1.29 is 23.5 Å². The maximum atomic E-state index is 12.8. The van der Waals surface area contributed by atoms with Crippen LogP contribution in [0.1, 0.15) is 34.3 Å². The number of amides is 1. The van der Waals surface area contributed by atoms with Crippen molar-refractivity contribution in [2.24, 2.45) is 0 Å². The molecule has 1 heterocycles. The van der Waals surface area contributed by atoms with E-state index in [4.69, 9.17) is 4.74 Å². The first-order chi connectivity index (χ1) is 11.9. The molecule has 0 bridgehead atoms. The van der Waals surface area contributed by atoms with E-state index >= 15 is 0 Å². The second kappa shape index (κ2) is 6.84. The van der Waals surface area contributed by atoms with Crippen LogP contribution in [0, 0.1) is 5.82 Å². The summed E-state index contributed by atoms with van der Waals surface area (Å²) in [5.74, 6) is -1.71. The Balaban J connectivity index is 1.59. The number of carbonyl (C=O) groups excluding carboxylic acids is 3. The summed E-state index contributed by atoms with van der Waals surface area (Å²) in [6.07, 6.45) is -0.0345. The molecule has 1 amide bonds. The third kappa shape index (κ3) is 3.74. The summed E-state index contributed by atoms with van der Waals surface area (Å²) >= 11 is 0. The molecule has 1 N–H and O–H groups in total. The summed E-state index contributed by atoms with van der Waals surface area (Å²) in [6.45, 7) is 1.38. The zero-order chi connectivity index (χ0) is 18.0. The summed E-state index contributed by atoms with van der Waals surface area (Å²) in [4.78, 5) is 35.6. The Morgan fingerprint density at radius 1 is 1.16 bits per heavy atom. The predicted octanol–water partition coefficient (Wildman–Crippen LogP) is 2.85. The number of ketones is 1. The molecule has 1 atom stereocenters. The quantitative estimate of drug-likeness (QED) is 0.670. The van der Waals surface area contributed by atoms with Gasteiger partial charge in [-0.05, 0) is 48.4 Å². The topological polar surface area (TPSA) is 72.5 Å². The van der Waals surface area contributed by atoms with Gasteiger partial charge in [0.2, 0.25) is 5.91 Å². The third-order valence-corrected chi connectivity index (χ3v) is 4.12. The van der Waals surface area contributed by atoms with Crippen LogP contribution in [-0.4, -0.2) is 24.3 Å². The number of fused-ring (bicyclic) bond motifs is 1. The molecule has 0 unspecified atom stereocenters. The number of rotatable bonds is 5. The molecule has 0 saturated carbocycles. The average molecular weight is 341 g/mol. The molecule has 0 aliphatic carbocycles. The van der Waals surface area contributed by atoms with Crippen LogP contribution >= 0.6 is 0 Å². The molecule has 0 radical (unpaired) electrons. The number of hydrogen-bond acceptors (Lipinski definition) is 4. The molecule has 0 saturated heterocycles. The van der Waals surface area contributed by atoms with Gasteiger partial charge in [-0.1, -0.05) is 12.1 Å². The van der Waals surface area contributed by atoms with Crippen molar-refractivity contribution in [2.45, 2.75) is 19.3 Å². The first kappa shape index (κ1) is 16.8. The molecule has 0 fully saturated rings. The Bertz CT molecular complexity index is 845. The SMILES string of the molecule is C[C@@H]1C(=O)Nc2ccc(C(=O)COC(=O)Cc3ccc(F)cc3)cc21. The first-order valence-electron chi connectivity index (χ1n) is 7.82. The fraction of sp³-hybridized carbons (Fsp3) is 0.211. The molecule has 1 aliphatic heterocycles. The maximum absolute atomic E-state index is 12.8. The van der Waals surface area contributed by atoms with E-state index in [1.54, 1.807) is 25.1 Å². The molecule has 1 aliphatic rings. The van der Waals surface area contributed by atoms with Gasteiger partial charge in [-0.25, -0.2) is 4.39 Å². The highest BCUT2D eigenvalue weighted by atomic mass is 19.1. The number of nitrogens with one attached hydrogen (secondary N) is 1. The lowest BCUT2D eigenvalue weighted by Gasteiger charge is -2.07. The molecule has 0 spiro atoms. The summed E-state index contributed by atoms with van der Waals surface area (Å²) in [5, 5.41) is 2.73. The van der Waals surface area contributed by atoms with E-state index in [1.807, 2.05) is 0 Å². The molecule has 5 nitrogen and oxygen atoms in total. The second-order valence-corrected chi connectivity index (χ2v) is 5.90. The summed E-state index contributed by atoms with van der Waals surface area (Å²) in [7, 11) is 0. The van der Waals surface area contributed by atoms with Gasteiger partial charge in [0.1, 0.15) is 5.82 Å². The number of Topliss-reactive ketones (excluding diaryl/α,β-unsaturated/α-hetero) is 1. The molecule has 3 rings (SSSR count). The molecule has 2 aromatic carbocycles. The minimum atomic E-state index is -0.564. The van der Waals surface area contributed by atoms with Gasteiger partial charge in [0.25, 0.3) is 0 Å². The van der Waals surface area contributed by atoms with Gasteiger partial charge < -0.3 is 10.1 Å². The molecule has 6 heteroatoms. The van der Waals surface area contributed by atoms with Gasteiger partial charge in [0.15, 0.2) is 12.4 Å². The van der Waals surface area contributed by atoms with Crippen molar-refractivity contribution in [3.8, 4) is 0 Å². The zero-order valence-corrected chi connectivity index (χ0v) is 13.5. The van der Waals surface area contributed by atoms with Crippen molar-refractivity contribution >= 4 is 23.3 Å². The minimum Gasteiger partial charge on any atom is -0.457 e. The third-order valence-electron chi connectivity index (χ3n) is 4.12. The van der Waals surface area contributed by atoms with Crippen LogP contribution < -0.4 is 5.32 Å². The van der Waals surface area contributed by atoms with E-state index in [9.17, 15) is 18.8 Å². The average Bonchev–Trinajstić information content (AvgIpc) is 2.89. The van der Waals surface area contributed by atoms with Crippen molar-refractivity contribution in [3.05, 3.63) is 65.0 Å². The normalized spacial score (nSPS) is 15.4. The van der Waals surface area contributed by atoms with Crippen molar-refractivity contribution in [3.63, 3.8) is 0 Å². The number of benzene rings is 2. The van der Waals surface area contributed by atoms with Gasteiger partial charge in [-0.15, -0.1) is 0 Å². The standard InChI is InChI=1S/C19H16FNO4/c1-11-15-9-13(4-7-16(15)21-19(11)24)17(22)10-25-18(23)8-12-2-5-14(20)6-3-12/h2-7,9,11H,8,10H2,1H3,(H,21,24)/t11-/m0/s1. The summed E-state index contributed by atoms with van der Waals surface area (Å²) < 4.78 is 17.8. The van der Waals surface area contributed by atoms with Crippen LogP contribution in [0.25, 0.3) is 0 Å². The number of anilines is 1. The number of ether oxygens (including phenoxy) is 1. The van der Waals surface area contributed by atoms with Gasteiger partial charge in [0, 0.05) is 11.3 Å². The predicted molar refractivity (Wildman–Crippen MR) is 88.9 cm³/mol. The van der Waals surface area contributed by atoms with Crippen molar-refractivity contribution in [2.75, 3.05) is 11.9 Å². The van der Waals surface area contributed by atoms with Crippen molar-refractivity contribution in [1.29, 1.82) is 0 Å². The largest absolute Gasteiger partial charge is 0.457 e. The van der Waals surface area contributed by atoms with Gasteiger partial charge >= 0.3 is 5.97 Å². The fourth-order valence-corrected chi connectivity index (χ4v) is 2.64. The Labute approximate surface area is 143 Å². The van der Waals surface area contributed by atoms with E-state index < -0.39 is 5.97 Å². The number of hydrogen-bond donors (Lipinski definition) is 1. The maximum Gasteiger partial charge on any atom is 0.310 e. The van der Waals surface area contributed by atoms with Crippen LogP contribution in [0.15, 0.2) is 42.5 Å². The van der Waals surface area contributed by atoms with Crippen LogP contribution in [-0.2, 0) is 20.7 Å². The first-order valence-corrected chi connectivity index (χ1v) is 7.82. The lowest BCUT2D eigenvalue weighted by atomic mass is 9.99. The van der Waals surface area contributed by atoms with Crippen LogP contribution in [0.2, 0.25) is 0 Å². The minimum absolute atomic E-state index is 0.0345. The van der Waals surface area contributed by atoms with Gasteiger partial charge in [0.05, 0.1) is 12.3 Å². The van der Waals surface area contributed by atoms with E-state index in [0.717, 1.165) is 5.56 Å². The van der Waals surface area contributed by atoms with E-state index in [0.29, 0.717) is 16.8 Å². The number of esters is 1. The second-order valence-electron chi connectivity index (χ2n) is 5.90. The van der Waals surface area contributed by atoms with Crippen LogP contribution in [0.4, 0.5) is 10.1 Å². The molecule has 2 aromatic rings. The highest BCUT2D eigenvalue weighted by molar-refractivity contribution is 6.05. The Morgan fingerprint density at radius 3 is 2.60 bits per heavy atom. The molecule has 25 heavy (non-hydrogen) atoms. The lowest BCUT2D eigenvalue weighted by Crippen LogP contribution is -2.16. The van der Waals surface area contributed by atoms with Crippen molar-refractivity contribution in [1.82, 2.24) is 0 Å². The van der Waals surface area contributed by atoms with Crippen LogP contribution in [0.5, 0.6) is 0 Å². The number of halogens is 1. The van der Waals surface area contributed by atoms with Gasteiger partial charge in [-0.3, -0.25) is 14.4 Å². The smallest absolute Gasteiger partial charge is 0.310 e. The molecular formula is C19H16FNO4. The van der Waals surface area contributed by atoms with E-state index in [-0.39, 0.29) is 36.5 Å². The Morgan fingerprint density at radius 2 is 1.88 bits per heavy atom. The van der Waals surface area contributed by atoms with E-state index in [2.05, 4.69) is 5.32 Å². The molecular weight excluding hydrogens is 325 g/mol. The number of carbonyl (C=O) groups is 3. The highest BCUT2D eigenvalue weighted by Gasteiger charge is 2.27. The van der Waals surface area contributed by atoms with Crippen LogP contribution in [0.3, 0.4) is 0 Å². The lowest BCUT2D eigenvalue weighted by molar-refractivity contribution is -0.141. The van der Waals surface area contributed by atoms with E-state index in [1.165, 1.54) is 24.3 Å².